The lowest BCUT2D eigenvalue weighted by molar-refractivity contribution is 0.0286. The Morgan fingerprint density at radius 2 is 1.86 bits per heavy atom. The maximum Gasteiger partial charge on any atom is 0.191 e. The molecule has 0 radical (unpaired) electrons. The summed E-state index contributed by atoms with van der Waals surface area (Å²) in [7, 11) is 1.66. The van der Waals surface area contributed by atoms with Crippen LogP contribution in [0.3, 0.4) is 0 Å². The van der Waals surface area contributed by atoms with E-state index >= 15 is 0 Å². The van der Waals surface area contributed by atoms with Gasteiger partial charge in [0.2, 0.25) is 0 Å². The van der Waals surface area contributed by atoms with Gasteiger partial charge in [-0.25, -0.2) is 0 Å². The average molecular weight is 316 g/mol. The van der Waals surface area contributed by atoms with Crippen LogP contribution in [0.5, 0.6) is 0 Å². The Hall–Kier alpha value is -0.670. The Morgan fingerprint density at radius 1 is 1.14 bits per heavy atom. The van der Waals surface area contributed by atoms with Crippen molar-refractivity contribution in [3.05, 3.63) is 5.82 Å². The lowest BCUT2D eigenvalue weighted by Gasteiger charge is -2.08. The van der Waals surface area contributed by atoms with Crippen LogP contribution in [0, 0.1) is 0 Å². The molecular formula is C13H24N4O3S. The lowest BCUT2D eigenvalue weighted by atomic mass is 10.5. The summed E-state index contributed by atoms with van der Waals surface area (Å²) in [4.78, 5) is 0. The predicted octanol–water partition coefficient (Wildman–Crippen LogP) is 0.843. The van der Waals surface area contributed by atoms with Crippen LogP contribution in [-0.2, 0) is 20.8 Å². The second kappa shape index (κ2) is 9.37. The van der Waals surface area contributed by atoms with Crippen LogP contribution >= 0.6 is 11.8 Å². The number of thioether (sulfide) groups is 1. The molecular weight excluding hydrogens is 292 g/mol. The molecule has 21 heavy (non-hydrogen) atoms. The number of nitrogens with two attached hydrogens (primary N) is 1. The van der Waals surface area contributed by atoms with Gasteiger partial charge in [0.1, 0.15) is 5.82 Å². The van der Waals surface area contributed by atoms with Gasteiger partial charge in [-0.2, -0.15) is 0 Å². The fraction of sp³-hybridized carbons (Fsp3) is 0.846. The summed E-state index contributed by atoms with van der Waals surface area (Å²) in [6.07, 6.45) is 2.40. The molecule has 1 aromatic heterocycles. The van der Waals surface area contributed by atoms with Crippen molar-refractivity contribution < 1.29 is 14.2 Å². The summed E-state index contributed by atoms with van der Waals surface area (Å²) in [5.74, 6) is 1.74. The van der Waals surface area contributed by atoms with Crippen molar-refractivity contribution in [3.63, 3.8) is 0 Å². The monoisotopic (exact) mass is 316 g/mol. The first-order valence-electron chi connectivity index (χ1n) is 7.28. The van der Waals surface area contributed by atoms with Gasteiger partial charge in [-0.05, 0) is 12.8 Å². The molecule has 8 heteroatoms. The first-order chi connectivity index (χ1) is 10.4. The van der Waals surface area contributed by atoms with Crippen LogP contribution in [-0.4, -0.2) is 60.7 Å². The molecule has 7 nitrogen and oxygen atoms in total. The molecule has 1 aromatic rings. The van der Waals surface area contributed by atoms with Gasteiger partial charge in [0.25, 0.3) is 0 Å². The topological polar surface area (TPSA) is 84.4 Å². The van der Waals surface area contributed by atoms with Crippen LogP contribution in [0.15, 0.2) is 5.16 Å². The summed E-state index contributed by atoms with van der Waals surface area (Å²) in [6, 6.07) is 0.552. The first kappa shape index (κ1) is 16.7. The SMILES string of the molecule is COCCOCCOCCSc1nnc(CN)n1C1CC1. The second-order valence-electron chi connectivity index (χ2n) is 4.77. The molecule has 0 bridgehead atoms. The van der Waals surface area contributed by atoms with Crippen molar-refractivity contribution in [1.29, 1.82) is 0 Å². The van der Waals surface area contributed by atoms with E-state index in [2.05, 4.69) is 14.8 Å². The molecule has 0 atom stereocenters. The molecule has 2 rings (SSSR count). The van der Waals surface area contributed by atoms with Gasteiger partial charge in [0.15, 0.2) is 5.16 Å². The van der Waals surface area contributed by atoms with E-state index in [1.165, 1.54) is 12.8 Å². The Bertz CT molecular complexity index is 412. The second-order valence-corrected chi connectivity index (χ2v) is 5.83. The number of aromatic nitrogens is 3. The molecule has 2 N–H and O–H groups in total. The number of methoxy groups -OCH3 is 1. The highest BCUT2D eigenvalue weighted by molar-refractivity contribution is 7.99. The van der Waals surface area contributed by atoms with E-state index in [-0.39, 0.29) is 0 Å². The van der Waals surface area contributed by atoms with Crippen LogP contribution < -0.4 is 5.73 Å². The van der Waals surface area contributed by atoms with Gasteiger partial charge < -0.3 is 24.5 Å². The molecule has 0 amide bonds. The third-order valence-corrected chi connectivity index (χ3v) is 4.00. The maximum absolute atomic E-state index is 5.69. The molecule has 0 saturated heterocycles. The molecule has 1 heterocycles. The smallest absolute Gasteiger partial charge is 0.191 e. The van der Waals surface area contributed by atoms with Gasteiger partial charge in [-0.3, -0.25) is 0 Å². The van der Waals surface area contributed by atoms with Gasteiger partial charge in [-0.15, -0.1) is 10.2 Å². The average Bonchev–Trinajstić information content (AvgIpc) is 3.26. The minimum atomic E-state index is 0.444. The minimum Gasteiger partial charge on any atom is -0.382 e. The molecule has 0 aliphatic heterocycles. The van der Waals surface area contributed by atoms with Crippen molar-refractivity contribution in [2.75, 3.05) is 45.9 Å². The highest BCUT2D eigenvalue weighted by Gasteiger charge is 2.28. The van der Waals surface area contributed by atoms with E-state index in [0.717, 1.165) is 16.7 Å². The summed E-state index contributed by atoms with van der Waals surface area (Å²) < 4.78 is 17.9. The standard InChI is InChI=1S/C13H24N4O3S/c1-18-4-5-19-6-7-20-8-9-21-13-16-15-12(10-14)17(13)11-2-3-11/h11H,2-10,14H2,1H3. The third kappa shape index (κ3) is 5.55. The number of nitrogens with zero attached hydrogens (tertiary/aromatic N) is 3. The molecule has 1 aliphatic rings. The molecule has 1 aliphatic carbocycles. The molecule has 0 aromatic carbocycles. The Morgan fingerprint density at radius 3 is 2.52 bits per heavy atom. The van der Waals surface area contributed by atoms with Gasteiger partial charge in [0.05, 0.1) is 39.6 Å². The van der Waals surface area contributed by atoms with Crippen LogP contribution in [0.25, 0.3) is 0 Å². The van der Waals surface area contributed by atoms with Crippen molar-refractivity contribution >= 4 is 11.8 Å². The van der Waals surface area contributed by atoms with Crippen LogP contribution in [0.4, 0.5) is 0 Å². The van der Waals surface area contributed by atoms with E-state index < -0.39 is 0 Å². The minimum absolute atomic E-state index is 0.444. The van der Waals surface area contributed by atoms with Gasteiger partial charge in [0, 0.05) is 18.9 Å². The van der Waals surface area contributed by atoms with Crippen molar-refractivity contribution in [1.82, 2.24) is 14.8 Å². The Labute approximate surface area is 129 Å². The number of hydrogen-bond donors (Lipinski definition) is 1. The zero-order valence-electron chi connectivity index (χ0n) is 12.5. The molecule has 1 fully saturated rings. The van der Waals surface area contributed by atoms with Crippen LogP contribution in [0.1, 0.15) is 24.7 Å². The van der Waals surface area contributed by atoms with E-state index in [0.29, 0.717) is 45.6 Å². The zero-order valence-corrected chi connectivity index (χ0v) is 13.3. The summed E-state index contributed by atoms with van der Waals surface area (Å²) in [5, 5.41) is 9.32. The first-order valence-corrected chi connectivity index (χ1v) is 8.26. The quantitative estimate of drug-likeness (QED) is 0.452. The summed E-state index contributed by atoms with van der Waals surface area (Å²) >= 11 is 1.67. The zero-order chi connectivity index (χ0) is 14.9. The van der Waals surface area contributed by atoms with Crippen molar-refractivity contribution in [2.45, 2.75) is 30.6 Å². The van der Waals surface area contributed by atoms with E-state index in [4.69, 9.17) is 19.9 Å². The fourth-order valence-corrected chi connectivity index (χ4v) is 2.78. The fourth-order valence-electron chi connectivity index (χ4n) is 1.90. The molecule has 1 saturated carbocycles. The number of hydrogen-bond acceptors (Lipinski definition) is 7. The maximum atomic E-state index is 5.69. The van der Waals surface area contributed by atoms with Crippen molar-refractivity contribution in [2.24, 2.45) is 5.73 Å². The van der Waals surface area contributed by atoms with Crippen molar-refractivity contribution in [3.8, 4) is 0 Å². The molecule has 0 spiro atoms. The number of rotatable bonds is 12. The van der Waals surface area contributed by atoms with Gasteiger partial charge in [-0.1, -0.05) is 11.8 Å². The normalized spacial score (nSPS) is 14.8. The van der Waals surface area contributed by atoms with Gasteiger partial charge >= 0.3 is 0 Å². The lowest BCUT2D eigenvalue weighted by Crippen LogP contribution is -2.10. The summed E-state index contributed by atoms with van der Waals surface area (Å²) in [6.45, 7) is 3.56. The van der Waals surface area contributed by atoms with E-state index in [9.17, 15) is 0 Å². The largest absolute Gasteiger partial charge is 0.382 e. The third-order valence-electron chi connectivity index (χ3n) is 3.09. The summed E-state index contributed by atoms with van der Waals surface area (Å²) in [5.41, 5.74) is 5.69. The van der Waals surface area contributed by atoms with Crippen LogP contribution in [0.2, 0.25) is 0 Å². The highest BCUT2D eigenvalue weighted by atomic mass is 32.2. The van der Waals surface area contributed by atoms with E-state index in [1.807, 2.05) is 0 Å². The van der Waals surface area contributed by atoms with E-state index in [1.54, 1.807) is 18.9 Å². The Balaban J connectivity index is 1.58. The predicted molar refractivity (Wildman–Crippen MR) is 80.4 cm³/mol. The molecule has 0 unspecified atom stereocenters. The highest BCUT2D eigenvalue weighted by Crippen LogP contribution is 2.38. The molecule has 120 valence electrons. The number of ether oxygens (including phenoxy) is 3. The Kier molecular flexibility index (Phi) is 7.45.